The zero-order valence-corrected chi connectivity index (χ0v) is 12.6. The fourth-order valence-corrected chi connectivity index (χ4v) is 4.07. The average molecular weight is 284 g/mol. The largest absolute Gasteiger partial charge is 0.310 e. The second-order valence-corrected chi connectivity index (χ2v) is 6.67. The molecule has 0 saturated heterocycles. The number of benzene rings is 1. The van der Waals surface area contributed by atoms with Crippen LogP contribution < -0.4 is 5.32 Å². The van der Waals surface area contributed by atoms with Crippen molar-refractivity contribution < 1.29 is 0 Å². The molecule has 0 heterocycles. The van der Waals surface area contributed by atoms with Crippen molar-refractivity contribution in [2.24, 2.45) is 0 Å². The smallest absolute Gasteiger partial charge is 0.0411 e. The Labute approximate surface area is 120 Å². The van der Waals surface area contributed by atoms with Crippen LogP contribution in [0.3, 0.4) is 0 Å². The highest BCUT2D eigenvalue weighted by Crippen LogP contribution is 2.32. The molecule has 0 radical (unpaired) electrons. The summed E-state index contributed by atoms with van der Waals surface area (Å²) in [4.78, 5) is 0. The predicted octanol–water partition coefficient (Wildman–Crippen LogP) is 4.67. The van der Waals surface area contributed by atoms with Crippen LogP contribution in [0, 0.1) is 0 Å². The fraction of sp³-hybridized carbons (Fsp3) is 0.600. The molecule has 1 N–H and O–H groups in total. The SMILES string of the molecule is CCNC(CSC1CCCC1)c1ccc(Cl)cc1. The predicted molar refractivity (Wildman–Crippen MR) is 82.6 cm³/mol. The van der Waals surface area contributed by atoms with E-state index in [2.05, 4.69) is 36.1 Å². The molecule has 2 rings (SSSR count). The molecule has 1 aliphatic carbocycles. The third-order valence-corrected chi connectivity index (χ3v) is 5.24. The first-order valence-electron chi connectivity index (χ1n) is 6.90. The third kappa shape index (κ3) is 4.18. The molecule has 1 atom stereocenters. The Morgan fingerprint density at radius 3 is 2.56 bits per heavy atom. The minimum Gasteiger partial charge on any atom is -0.310 e. The molecule has 0 bridgehead atoms. The van der Waals surface area contributed by atoms with Gasteiger partial charge in [-0.15, -0.1) is 0 Å². The van der Waals surface area contributed by atoms with Crippen molar-refractivity contribution in [1.82, 2.24) is 5.32 Å². The molecule has 1 fully saturated rings. The summed E-state index contributed by atoms with van der Waals surface area (Å²) in [6, 6.07) is 8.72. The van der Waals surface area contributed by atoms with E-state index in [1.54, 1.807) is 0 Å². The van der Waals surface area contributed by atoms with E-state index in [1.165, 1.54) is 37.0 Å². The van der Waals surface area contributed by atoms with Crippen molar-refractivity contribution >= 4 is 23.4 Å². The van der Waals surface area contributed by atoms with E-state index in [-0.39, 0.29) is 0 Å². The van der Waals surface area contributed by atoms with Gasteiger partial charge in [0.15, 0.2) is 0 Å². The van der Waals surface area contributed by atoms with Gasteiger partial charge >= 0.3 is 0 Å². The maximum absolute atomic E-state index is 5.95. The van der Waals surface area contributed by atoms with Crippen LogP contribution in [0.1, 0.15) is 44.2 Å². The maximum atomic E-state index is 5.95. The number of hydrogen-bond acceptors (Lipinski definition) is 2. The van der Waals surface area contributed by atoms with Crippen molar-refractivity contribution in [3.05, 3.63) is 34.9 Å². The Bertz CT molecular complexity index is 346. The summed E-state index contributed by atoms with van der Waals surface area (Å²) in [5.74, 6) is 1.17. The van der Waals surface area contributed by atoms with E-state index < -0.39 is 0 Å². The molecule has 0 aromatic heterocycles. The molecular weight excluding hydrogens is 262 g/mol. The van der Waals surface area contributed by atoms with Gasteiger partial charge in [-0.25, -0.2) is 0 Å². The van der Waals surface area contributed by atoms with Gasteiger partial charge in [0.2, 0.25) is 0 Å². The first-order valence-corrected chi connectivity index (χ1v) is 8.32. The topological polar surface area (TPSA) is 12.0 Å². The molecule has 1 aromatic carbocycles. The van der Waals surface area contributed by atoms with E-state index in [0.29, 0.717) is 6.04 Å². The van der Waals surface area contributed by atoms with Crippen LogP contribution in [0.4, 0.5) is 0 Å². The molecule has 18 heavy (non-hydrogen) atoms. The average Bonchev–Trinajstić information content (AvgIpc) is 2.89. The third-order valence-electron chi connectivity index (χ3n) is 3.52. The standard InChI is InChI=1S/C15H22ClNS/c1-2-17-15(11-18-14-5-3-4-6-14)12-7-9-13(16)10-8-12/h7-10,14-15,17H,2-6,11H2,1H3. The Hall–Kier alpha value is -0.180. The normalized spacial score (nSPS) is 18.1. The Morgan fingerprint density at radius 2 is 1.94 bits per heavy atom. The minimum absolute atomic E-state index is 0.456. The molecule has 0 spiro atoms. The van der Waals surface area contributed by atoms with Gasteiger partial charge in [-0.1, -0.05) is 43.5 Å². The summed E-state index contributed by atoms with van der Waals surface area (Å²) in [6.07, 6.45) is 5.66. The summed E-state index contributed by atoms with van der Waals surface area (Å²) in [5, 5.41) is 5.28. The fourth-order valence-electron chi connectivity index (χ4n) is 2.50. The van der Waals surface area contributed by atoms with Crippen LogP contribution in [0.2, 0.25) is 5.02 Å². The zero-order valence-electron chi connectivity index (χ0n) is 11.0. The van der Waals surface area contributed by atoms with Crippen LogP contribution in [0.25, 0.3) is 0 Å². The van der Waals surface area contributed by atoms with Gasteiger partial charge in [0, 0.05) is 22.1 Å². The van der Waals surface area contributed by atoms with Crippen molar-refractivity contribution in [3.63, 3.8) is 0 Å². The second kappa shape index (κ2) is 7.42. The molecule has 1 saturated carbocycles. The summed E-state index contributed by atoms with van der Waals surface area (Å²) < 4.78 is 0. The molecule has 100 valence electrons. The maximum Gasteiger partial charge on any atom is 0.0411 e. The van der Waals surface area contributed by atoms with Gasteiger partial charge < -0.3 is 5.32 Å². The monoisotopic (exact) mass is 283 g/mol. The first kappa shape index (κ1) is 14.2. The highest BCUT2D eigenvalue weighted by atomic mass is 35.5. The molecule has 0 amide bonds. The van der Waals surface area contributed by atoms with Gasteiger partial charge in [0.25, 0.3) is 0 Å². The minimum atomic E-state index is 0.456. The van der Waals surface area contributed by atoms with Crippen LogP contribution in [-0.4, -0.2) is 17.5 Å². The van der Waals surface area contributed by atoms with E-state index in [0.717, 1.165) is 16.8 Å². The van der Waals surface area contributed by atoms with Crippen LogP contribution in [0.15, 0.2) is 24.3 Å². The zero-order chi connectivity index (χ0) is 12.8. The number of thioether (sulfide) groups is 1. The van der Waals surface area contributed by atoms with Gasteiger partial charge in [-0.2, -0.15) is 11.8 Å². The highest BCUT2D eigenvalue weighted by molar-refractivity contribution is 7.99. The molecule has 0 aliphatic heterocycles. The molecule has 1 nitrogen and oxygen atoms in total. The highest BCUT2D eigenvalue weighted by Gasteiger charge is 2.18. The quantitative estimate of drug-likeness (QED) is 0.814. The first-order chi connectivity index (χ1) is 8.79. The summed E-state index contributed by atoms with van der Waals surface area (Å²) >= 11 is 8.08. The lowest BCUT2D eigenvalue weighted by molar-refractivity contribution is 0.605. The van der Waals surface area contributed by atoms with Crippen molar-refractivity contribution in [2.75, 3.05) is 12.3 Å². The second-order valence-electron chi connectivity index (χ2n) is 4.90. The van der Waals surface area contributed by atoms with E-state index in [4.69, 9.17) is 11.6 Å². The number of rotatable bonds is 6. The van der Waals surface area contributed by atoms with Crippen LogP contribution >= 0.6 is 23.4 Å². The Balaban J connectivity index is 1.91. The van der Waals surface area contributed by atoms with Gasteiger partial charge in [0.1, 0.15) is 0 Å². The van der Waals surface area contributed by atoms with E-state index >= 15 is 0 Å². The van der Waals surface area contributed by atoms with Gasteiger partial charge in [-0.3, -0.25) is 0 Å². The van der Waals surface area contributed by atoms with Gasteiger partial charge in [0.05, 0.1) is 0 Å². The van der Waals surface area contributed by atoms with Crippen LogP contribution in [0.5, 0.6) is 0 Å². The lowest BCUT2D eigenvalue weighted by atomic mass is 10.1. The molecule has 1 aromatic rings. The molecule has 3 heteroatoms. The lowest BCUT2D eigenvalue weighted by Gasteiger charge is -2.20. The van der Waals surface area contributed by atoms with Crippen molar-refractivity contribution in [1.29, 1.82) is 0 Å². The Kier molecular flexibility index (Phi) is 5.87. The number of nitrogens with one attached hydrogen (secondary N) is 1. The Morgan fingerprint density at radius 1 is 1.28 bits per heavy atom. The number of hydrogen-bond donors (Lipinski definition) is 1. The number of halogens is 1. The summed E-state index contributed by atoms with van der Waals surface area (Å²) in [7, 11) is 0. The van der Waals surface area contributed by atoms with Gasteiger partial charge in [-0.05, 0) is 37.1 Å². The molecule has 1 aliphatic rings. The lowest BCUT2D eigenvalue weighted by Crippen LogP contribution is -2.23. The van der Waals surface area contributed by atoms with Crippen molar-refractivity contribution in [2.45, 2.75) is 43.9 Å². The molecular formula is C15H22ClNS. The van der Waals surface area contributed by atoms with E-state index in [9.17, 15) is 0 Å². The van der Waals surface area contributed by atoms with Crippen LogP contribution in [-0.2, 0) is 0 Å². The summed E-state index contributed by atoms with van der Waals surface area (Å²) in [5.41, 5.74) is 1.35. The van der Waals surface area contributed by atoms with Crippen molar-refractivity contribution in [3.8, 4) is 0 Å². The summed E-state index contributed by atoms with van der Waals surface area (Å²) in [6.45, 7) is 3.18. The van der Waals surface area contributed by atoms with E-state index in [1.807, 2.05) is 12.1 Å². The molecule has 1 unspecified atom stereocenters.